The lowest BCUT2D eigenvalue weighted by Crippen LogP contribution is -2.40. The minimum atomic E-state index is -0.880. The summed E-state index contributed by atoms with van der Waals surface area (Å²) >= 11 is 1.29. The molecule has 3 heterocycles. The number of carbonyl (C=O) groups is 1. The molecule has 0 fully saturated rings. The van der Waals surface area contributed by atoms with Gasteiger partial charge in [-0.15, -0.1) is 0 Å². The molecule has 1 aliphatic rings. The van der Waals surface area contributed by atoms with Gasteiger partial charge in [0.2, 0.25) is 0 Å². The second-order valence-corrected chi connectivity index (χ2v) is 13.8. The van der Waals surface area contributed by atoms with Gasteiger partial charge in [-0.3, -0.25) is 9.36 Å². The molecule has 8 rings (SSSR count). The maximum absolute atomic E-state index is 15.0. The van der Waals surface area contributed by atoms with Crippen LogP contribution in [0.25, 0.3) is 40.0 Å². The Hall–Kier alpha value is -6.71. The summed E-state index contributed by atoms with van der Waals surface area (Å²) in [5.74, 6) is 0.430. The summed E-state index contributed by atoms with van der Waals surface area (Å²) in [6.07, 6.45) is 1.94. The molecule has 0 spiro atoms. The van der Waals surface area contributed by atoms with Gasteiger partial charge in [-0.1, -0.05) is 127 Å². The highest BCUT2D eigenvalue weighted by molar-refractivity contribution is 7.07. The van der Waals surface area contributed by atoms with Gasteiger partial charge < -0.3 is 18.8 Å². The lowest BCUT2D eigenvalue weighted by Gasteiger charge is -2.26. The highest BCUT2D eigenvalue weighted by Gasteiger charge is 2.36. The molecule has 0 unspecified atom stereocenters. The van der Waals surface area contributed by atoms with Crippen LogP contribution in [-0.2, 0) is 9.53 Å². The fourth-order valence-electron chi connectivity index (χ4n) is 7.12. The number of carbonyl (C=O) groups excluding carboxylic acids is 1. The lowest BCUT2D eigenvalue weighted by molar-refractivity contribution is -0.138. The van der Waals surface area contributed by atoms with E-state index in [1.54, 1.807) is 37.8 Å². The summed E-state index contributed by atoms with van der Waals surface area (Å²) < 4.78 is 21.2. The number of nitrogens with zero attached hydrogens (tertiary/aromatic N) is 3. The SMILES string of the molecule is CCOC(=O)C1=C(c2ccccc2)N=c2s/c(=C\c3cc(-c4ccccc4)n(-c4ccccc4)c3-c3ccccc3)c(=O)n2[C@H]1c1ccc(OC)c(OC)c1. The number of aromatic nitrogens is 2. The van der Waals surface area contributed by atoms with E-state index in [0.29, 0.717) is 32.1 Å². The molecule has 0 saturated carbocycles. The standard InChI is InChI=1S/C46H37N3O5S/c1-4-54-45(51)40-41(31-19-11-6-12-20-31)47-46-49(43(40)33-25-26-37(52-2)38(28-33)53-3)44(50)39(55-46)29-34-27-36(30-17-9-5-10-18-30)48(35-23-15-8-16-24-35)42(34)32-21-13-7-14-22-32/h5-29,43H,4H2,1-3H3/b39-29-/t43-/m0/s1. The van der Waals surface area contributed by atoms with Crippen LogP contribution in [0.3, 0.4) is 0 Å². The van der Waals surface area contributed by atoms with Crippen molar-refractivity contribution in [3.63, 3.8) is 0 Å². The summed E-state index contributed by atoms with van der Waals surface area (Å²) in [6, 6.07) is 46.8. The third-order valence-corrected chi connectivity index (χ3v) is 10.5. The topological polar surface area (TPSA) is 84.1 Å². The molecule has 55 heavy (non-hydrogen) atoms. The monoisotopic (exact) mass is 743 g/mol. The molecule has 0 N–H and O–H groups in total. The Morgan fingerprint density at radius 3 is 1.96 bits per heavy atom. The maximum Gasteiger partial charge on any atom is 0.338 e. The molecular formula is C46H37N3O5S. The third kappa shape index (κ3) is 6.59. The number of hydrogen-bond donors (Lipinski definition) is 0. The van der Waals surface area contributed by atoms with Crippen LogP contribution in [0.15, 0.2) is 161 Å². The molecule has 0 amide bonds. The normalized spacial score (nSPS) is 13.9. The number of methoxy groups -OCH3 is 2. The van der Waals surface area contributed by atoms with Gasteiger partial charge in [-0.05, 0) is 60.0 Å². The average Bonchev–Trinajstić information content (AvgIpc) is 3.78. The maximum atomic E-state index is 15.0. The van der Waals surface area contributed by atoms with Crippen LogP contribution < -0.4 is 24.4 Å². The predicted molar refractivity (Wildman–Crippen MR) is 217 cm³/mol. The number of ether oxygens (including phenoxy) is 3. The first kappa shape index (κ1) is 35.3. The van der Waals surface area contributed by atoms with Crippen molar-refractivity contribution in [3.8, 4) is 39.7 Å². The molecule has 9 heteroatoms. The minimum Gasteiger partial charge on any atom is -0.493 e. The van der Waals surface area contributed by atoms with Crippen LogP contribution in [0.1, 0.15) is 29.7 Å². The molecule has 0 aliphatic carbocycles. The first-order chi connectivity index (χ1) is 27.0. The van der Waals surface area contributed by atoms with Gasteiger partial charge in [0.1, 0.15) is 0 Å². The van der Waals surface area contributed by atoms with Crippen molar-refractivity contribution in [2.75, 3.05) is 20.8 Å². The second kappa shape index (κ2) is 15.3. The van der Waals surface area contributed by atoms with E-state index in [1.165, 1.54) is 11.3 Å². The highest BCUT2D eigenvalue weighted by atomic mass is 32.1. The zero-order chi connectivity index (χ0) is 37.9. The van der Waals surface area contributed by atoms with E-state index in [0.717, 1.165) is 39.3 Å². The summed E-state index contributed by atoms with van der Waals surface area (Å²) in [5.41, 5.74) is 7.56. The van der Waals surface area contributed by atoms with Gasteiger partial charge in [0, 0.05) is 16.8 Å². The van der Waals surface area contributed by atoms with E-state index in [9.17, 15) is 9.59 Å². The third-order valence-electron chi connectivity index (χ3n) is 9.54. The fraction of sp³-hybridized carbons (Fsp3) is 0.109. The van der Waals surface area contributed by atoms with Crippen molar-refractivity contribution in [2.45, 2.75) is 13.0 Å². The first-order valence-corrected chi connectivity index (χ1v) is 18.7. The lowest BCUT2D eigenvalue weighted by atomic mass is 9.93. The van der Waals surface area contributed by atoms with Gasteiger partial charge >= 0.3 is 5.97 Å². The van der Waals surface area contributed by atoms with Gasteiger partial charge in [0.05, 0.1) is 54.1 Å². The summed E-state index contributed by atoms with van der Waals surface area (Å²) in [5, 5.41) is 0. The van der Waals surface area contributed by atoms with Crippen molar-refractivity contribution in [1.29, 1.82) is 0 Å². The van der Waals surface area contributed by atoms with E-state index in [2.05, 4.69) is 47.0 Å². The molecule has 1 atom stereocenters. The molecule has 0 bridgehead atoms. The number of para-hydroxylation sites is 1. The molecule has 0 radical (unpaired) electrons. The molecule has 8 nitrogen and oxygen atoms in total. The summed E-state index contributed by atoms with van der Waals surface area (Å²) in [4.78, 5) is 34.5. The number of fused-ring (bicyclic) bond motifs is 1. The Bertz CT molecular complexity index is 2720. The van der Waals surface area contributed by atoms with Crippen molar-refractivity contribution < 1.29 is 19.0 Å². The van der Waals surface area contributed by atoms with Crippen LogP contribution >= 0.6 is 11.3 Å². The number of rotatable bonds is 10. The zero-order valence-corrected chi connectivity index (χ0v) is 31.3. The van der Waals surface area contributed by atoms with Gasteiger partial charge in [0.15, 0.2) is 16.3 Å². The van der Waals surface area contributed by atoms with E-state index in [-0.39, 0.29) is 17.7 Å². The van der Waals surface area contributed by atoms with Crippen molar-refractivity contribution in [1.82, 2.24) is 9.13 Å². The van der Waals surface area contributed by atoms with E-state index in [1.807, 2.05) is 97.1 Å². The number of benzene rings is 5. The number of hydrogen-bond acceptors (Lipinski definition) is 7. The first-order valence-electron chi connectivity index (χ1n) is 17.9. The average molecular weight is 744 g/mol. The Balaban J connectivity index is 1.44. The van der Waals surface area contributed by atoms with Crippen LogP contribution in [0.4, 0.5) is 0 Å². The Morgan fingerprint density at radius 2 is 1.35 bits per heavy atom. The van der Waals surface area contributed by atoms with E-state index < -0.39 is 12.0 Å². The van der Waals surface area contributed by atoms with Crippen LogP contribution in [-0.4, -0.2) is 35.9 Å². The summed E-state index contributed by atoms with van der Waals surface area (Å²) in [6.45, 7) is 1.91. The van der Waals surface area contributed by atoms with Gasteiger partial charge in [-0.2, -0.15) is 0 Å². The van der Waals surface area contributed by atoms with Crippen LogP contribution in [0.2, 0.25) is 0 Å². The Kier molecular flexibility index (Phi) is 9.85. The molecule has 0 saturated heterocycles. The van der Waals surface area contributed by atoms with E-state index >= 15 is 0 Å². The smallest absolute Gasteiger partial charge is 0.338 e. The number of esters is 1. The van der Waals surface area contributed by atoms with Gasteiger partial charge in [0.25, 0.3) is 5.56 Å². The minimum absolute atomic E-state index is 0.151. The van der Waals surface area contributed by atoms with Crippen molar-refractivity contribution in [2.24, 2.45) is 4.99 Å². The van der Waals surface area contributed by atoms with Crippen molar-refractivity contribution >= 4 is 29.1 Å². The summed E-state index contributed by atoms with van der Waals surface area (Å²) in [7, 11) is 3.12. The predicted octanol–water partition coefficient (Wildman–Crippen LogP) is 8.08. The Labute approximate surface area is 322 Å². The molecule has 1 aliphatic heterocycles. The van der Waals surface area contributed by atoms with Gasteiger partial charge in [-0.25, -0.2) is 9.79 Å². The van der Waals surface area contributed by atoms with Crippen LogP contribution in [0.5, 0.6) is 11.5 Å². The fourth-order valence-corrected chi connectivity index (χ4v) is 8.11. The molecular weight excluding hydrogens is 707 g/mol. The molecule has 272 valence electrons. The molecule has 2 aromatic heterocycles. The van der Waals surface area contributed by atoms with E-state index in [4.69, 9.17) is 19.2 Å². The van der Waals surface area contributed by atoms with Crippen molar-refractivity contribution in [3.05, 3.63) is 188 Å². The quantitative estimate of drug-likeness (QED) is 0.132. The number of thiazole rings is 1. The highest BCUT2D eigenvalue weighted by Crippen LogP contribution is 2.39. The molecule has 5 aromatic carbocycles. The zero-order valence-electron chi connectivity index (χ0n) is 30.5. The Morgan fingerprint density at radius 1 is 0.745 bits per heavy atom. The largest absolute Gasteiger partial charge is 0.493 e. The second-order valence-electron chi connectivity index (χ2n) is 12.8. The van der Waals surface area contributed by atoms with Crippen LogP contribution in [0, 0.1) is 0 Å². The molecule has 7 aromatic rings.